The summed E-state index contributed by atoms with van der Waals surface area (Å²) < 4.78 is 1.22. The van der Waals surface area contributed by atoms with Crippen LogP contribution in [0.3, 0.4) is 0 Å². The number of carbonyl (C=O) groups is 1. The highest BCUT2D eigenvalue weighted by atomic mass is 32.1. The molecule has 1 aromatic carbocycles. The lowest BCUT2D eigenvalue weighted by Gasteiger charge is -2.32. The Morgan fingerprint density at radius 1 is 1.26 bits per heavy atom. The van der Waals surface area contributed by atoms with Crippen LogP contribution in [0.5, 0.6) is 0 Å². The van der Waals surface area contributed by atoms with E-state index in [0.717, 1.165) is 23.5 Å². The van der Waals surface area contributed by atoms with Crippen LogP contribution >= 0.6 is 11.3 Å². The second-order valence-electron chi connectivity index (χ2n) is 9.75. The van der Waals surface area contributed by atoms with Crippen LogP contribution in [-0.4, -0.2) is 42.5 Å². The summed E-state index contributed by atoms with van der Waals surface area (Å²) in [6.45, 7) is 9.57. The van der Waals surface area contributed by atoms with Crippen LogP contribution in [0.25, 0.3) is 10.2 Å². The molecule has 1 aromatic heterocycles. The maximum atomic E-state index is 12.9. The molecule has 3 rings (SSSR count). The number of carbonyl (C=O) groups excluding carboxylic acids is 1. The van der Waals surface area contributed by atoms with Gasteiger partial charge >= 0.3 is 0 Å². The predicted molar refractivity (Wildman–Crippen MR) is 133 cm³/mol. The zero-order chi connectivity index (χ0) is 22.4. The van der Waals surface area contributed by atoms with Gasteiger partial charge in [-0.15, -0.1) is 11.3 Å². The van der Waals surface area contributed by atoms with Crippen LogP contribution in [-0.2, 0) is 11.2 Å². The summed E-state index contributed by atoms with van der Waals surface area (Å²) in [5, 5.41) is 4.43. The van der Waals surface area contributed by atoms with Crippen LogP contribution < -0.4 is 5.32 Å². The first-order valence-corrected chi connectivity index (χ1v) is 12.6. The average Bonchev–Trinajstić information content (AvgIpc) is 3.14. The maximum Gasteiger partial charge on any atom is 0.220 e. The van der Waals surface area contributed by atoms with Gasteiger partial charge in [0.15, 0.2) is 0 Å². The Hall–Kier alpha value is -1.72. The molecule has 1 saturated carbocycles. The molecule has 1 N–H and O–H groups in total. The molecule has 1 amide bonds. The number of aromatic nitrogens is 1. The van der Waals surface area contributed by atoms with E-state index in [2.05, 4.69) is 62.9 Å². The van der Waals surface area contributed by atoms with Gasteiger partial charge in [-0.2, -0.15) is 0 Å². The molecule has 1 heterocycles. The maximum absolute atomic E-state index is 12.9. The number of thiazole rings is 1. The third-order valence-corrected chi connectivity index (χ3v) is 7.38. The summed E-state index contributed by atoms with van der Waals surface area (Å²) in [5.41, 5.74) is 3.59. The van der Waals surface area contributed by atoms with E-state index in [4.69, 9.17) is 4.98 Å². The van der Waals surface area contributed by atoms with Crippen LogP contribution in [0.2, 0.25) is 0 Å². The molecule has 170 valence electrons. The van der Waals surface area contributed by atoms with E-state index in [1.165, 1.54) is 47.9 Å². The molecule has 0 saturated heterocycles. The molecule has 0 aliphatic heterocycles. The minimum Gasteiger partial charge on any atom is -0.353 e. The molecule has 1 fully saturated rings. The van der Waals surface area contributed by atoms with E-state index in [1.807, 2.05) is 0 Å². The molecule has 4 nitrogen and oxygen atoms in total. The minimum atomic E-state index is 0.148. The van der Waals surface area contributed by atoms with Gasteiger partial charge in [-0.25, -0.2) is 4.98 Å². The Bertz CT molecular complexity index is 880. The van der Waals surface area contributed by atoms with E-state index < -0.39 is 0 Å². The first-order valence-electron chi connectivity index (χ1n) is 11.8. The summed E-state index contributed by atoms with van der Waals surface area (Å²) >= 11 is 1.72. The van der Waals surface area contributed by atoms with Crippen molar-refractivity contribution in [2.45, 2.75) is 77.2 Å². The molecule has 1 unspecified atom stereocenters. The summed E-state index contributed by atoms with van der Waals surface area (Å²) in [5.74, 6) is 1.24. The first kappa shape index (κ1) is 23.9. The van der Waals surface area contributed by atoms with Crippen LogP contribution in [0, 0.1) is 5.92 Å². The van der Waals surface area contributed by atoms with Crippen molar-refractivity contribution in [3.63, 3.8) is 0 Å². The van der Waals surface area contributed by atoms with Crippen molar-refractivity contribution in [1.29, 1.82) is 0 Å². The van der Waals surface area contributed by atoms with Crippen molar-refractivity contribution in [2.24, 2.45) is 5.92 Å². The molecule has 0 bridgehead atoms. The Balaban J connectivity index is 1.59. The number of nitrogens with zero attached hydrogens (tertiary/aromatic N) is 2. The summed E-state index contributed by atoms with van der Waals surface area (Å²) in [6, 6.07) is 6.74. The second kappa shape index (κ2) is 11.2. The molecule has 1 atom stereocenters. The van der Waals surface area contributed by atoms with E-state index in [0.29, 0.717) is 24.7 Å². The summed E-state index contributed by atoms with van der Waals surface area (Å²) in [6.07, 6.45) is 8.41. The number of benzene rings is 1. The molecule has 0 spiro atoms. The quantitative estimate of drug-likeness (QED) is 0.465. The van der Waals surface area contributed by atoms with E-state index in [1.54, 1.807) is 11.3 Å². The van der Waals surface area contributed by atoms with Crippen molar-refractivity contribution in [2.75, 3.05) is 20.6 Å². The van der Waals surface area contributed by atoms with Gasteiger partial charge in [0.1, 0.15) is 0 Å². The van der Waals surface area contributed by atoms with Gasteiger partial charge < -0.3 is 10.2 Å². The van der Waals surface area contributed by atoms with Gasteiger partial charge in [-0.05, 0) is 62.9 Å². The molecular formula is C26H39N3OS. The molecule has 5 heteroatoms. The number of fused-ring (bicyclic) bond motifs is 1. The number of aryl methyl sites for hydroxylation is 1. The van der Waals surface area contributed by atoms with Crippen LogP contribution in [0.1, 0.15) is 75.3 Å². The molecule has 1 aliphatic rings. The highest BCUT2D eigenvalue weighted by Gasteiger charge is 2.25. The summed E-state index contributed by atoms with van der Waals surface area (Å²) in [7, 11) is 4.14. The van der Waals surface area contributed by atoms with E-state index >= 15 is 0 Å². The fraction of sp³-hybridized carbons (Fsp3) is 0.615. The zero-order valence-corrected chi connectivity index (χ0v) is 20.6. The Morgan fingerprint density at radius 2 is 2.00 bits per heavy atom. The minimum absolute atomic E-state index is 0.148. The average molecular weight is 442 g/mol. The van der Waals surface area contributed by atoms with E-state index in [-0.39, 0.29) is 11.9 Å². The first-order chi connectivity index (χ1) is 14.8. The normalized spacial score (nSPS) is 16.2. The third kappa shape index (κ3) is 7.15. The lowest BCUT2D eigenvalue weighted by Crippen LogP contribution is -2.42. The molecule has 0 radical (unpaired) electrons. The Labute approximate surface area is 192 Å². The fourth-order valence-corrected chi connectivity index (χ4v) is 5.66. The topological polar surface area (TPSA) is 45.2 Å². The Kier molecular flexibility index (Phi) is 8.67. The highest BCUT2D eigenvalue weighted by Crippen LogP contribution is 2.30. The molecule has 2 aromatic rings. The SMILES string of the molecule is C=C(CC(NC(=O)CCc1nc2ccc(C(C)C)cc2s1)C1CCCCC1)CN(C)C. The van der Waals surface area contributed by atoms with Crippen LogP contribution in [0.4, 0.5) is 0 Å². The van der Waals surface area contributed by atoms with Crippen molar-refractivity contribution in [3.8, 4) is 0 Å². The van der Waals surface area contributed by atoms with Crippen LogP contribution in [0.15, 0.2) is 30.4 Å². The number of amides is 1. The van der Waals surface area contributed by atoms with Gasteiger partial charge in [0, 0.05) is 25.4 Å². The standard InChI is InChI=1S/C26H39N3OS/c1-18(2)21-11-12-22-24(16-21)31-26(28-22)14-13-25(30)27-23(15-19(3)17-29(4)5)20-9-7-6-8-10-20/h11-12,16,18,20,23H,3,6-10,13-15,17H2,1-2,4-5H3,(H,27,30). The molecule has 31 heavy (non-hydrogen) atoms. The van der Waals surface area contributed by atoms with Gasteiger partial charge in [0.2, 0.25) is 5.91 Å². The van der Waals surface area contributed by atoms with Gasteiger partial charge in [0.05, 0.1) is 15.2 Å². The van der Waals surface area contributed by atoms with Crippen molar-refractivity contribution in [3.05, 3.63) is 40.9 Å². The lowest BCUT2D eigenvalue weighted by atomic mass is 9.81. The monoisotopic (exact) mass is 441 g/mol. The number of hydrogen-bond acceptors (Lipinski definition) is 4. The van der Waals surface area contributed by atoms with Gasteiger partial charge in [0.25, 0.3) is 0 Å². The van der Waals surface area contributed by atoms with Gasteiger partial charge in [-0.1, -0.05) is 51.3 Å². The zero-order valence-electron chi connectivity index (χ0n) is 19.7. The van der Waals surface area contributed by atoms with Gasteiger partial charge in [-0.3, -0.25) is 4.79 Å². The molecule has 1 aliphatic carbocycles. The Morgan fingerprint density at radius 3 is 2.68 bits per heavy atom. The third-order valence-electron chi connectivity index (χ3n) is 6.30. The van der Waals surface area contributed by atoms with Crippen molar-refractivity contribution < 1.29 is 4.79 Å². The number of hydrogen-bond donors (Lipinski definition) is 1. The largest absolute Gasteiger partial charge is 0.353 e. The summed E-state index contributed by atoms with van der Waals surface area (Å²) in [4.78, 5) is 19.8. The number of likely N-dealkylation sites (N-methyl/N-ethyl adjacent to an activating group) is 1. The fourth-order valence-electron chi connectivity index (χ4n) is 4.65. The second-order valence-corrected chi connectivity index (χ2v) is 10.9. The smallest absolute Gasteiger partial charge is 0.220 e. The van der Waals surface area contributed by atoms with Crippen molar-refractivity contribution >= 4 is 27.5 Å². The predicted octanol–water partition coefficient (Wildman–Crippen LogP) is 5.93. The number of rotatable bonds is 10. The highest BCUT2D eigenvalue weighted by molar-refractivity contribution is 7.18. The van der Waals surface area contributed by atoms with Crippen molar-refractivity contribution in [1.82, 2.24) is 15.2 Å². The number of nitrogens with one attached hydrogen (secondary N) is 1. The molecular weight excluding hydrogens is 402 g/mol. The lowest BCUT2D eigenvalue weighted by molar-refractivity contribution is -0.122. The van der Waals surface area contributed by atoms with E-state index in [9.17, 15) is 4.79 Å².